The van der Waals surface area contributed by atoms with Gasteiger partial charge in [-0.1, -0.05) is 0 Å². The second kappa shape index (κ2) is 8.00. The Bertz CT molecular complexity index is 984. The smallest absolute Gasteiger partial charge is 0.269 e. The first-order valence-electron chi connectivity index (χ1n) is 9.55. The standard InChI is InChI=1S/C19H24N8O2/c1-12-11-29-9-8-27(12)17-10-14(16-5-7-21-26(16)3)18(25-24-17)13(2)22-19(28)15-4-6-20-23-15/h4-7,10,12-13H,8-9,11H2,1-3H3,(H,20,23)(H,22,28). The first kappa shape index (κ1) is 19.1. The van der Waals surface area contributed by atoms with Crippen molar-refractivity contribution < 1.29 is 9.53 Å². The lowest BCUT2D eigenvalue weighted by Crippen LogP contribution is -2.44. The number of nitrogens with zero attached hydrogens (tertiary/aromatic N) is 6. The Morgan fingerprint density at radius 2 is 2.21 bits per heavy atom. The maximum atomic E-state index is 12.4. The maximum absolute atomic E-state index is 12.4. The van der Waals surface area contributed by atoms with Crippen molar-refractivity contribution in [1.82, 2.24) is 35.5 Å². The lowest BCUT2D eigenvalue weighted by molar-refractivity contribution is 0.0933. The molecule has 1 saturated heterocycles. The van der Waals surface area contributed by atoms with Crippen LogP contribution in [0.3, 0.4) is 0 Å². The average molecular weight is 396 g/mol. The fourth-order valence-electron chi connectivity index (χ4n) is 3.49. The van der Waals surface area contributed by atoms with E-state index in [4.69, 9.17) is 4.74 Å². The number of hydrogen-bond acceptors (Lipinski definition) is 7. The van der Waals surface area contributed by atoms with Gasteiger partial charge >= 0.3 is 0 Å². The molecule has 10 nitrogen and oxygen atoms in total. The highest BCUT2D eigenvalue weighted by Gasteiger charge is 2.25. The molecule has 4 rings (SSSR count). The molecule has 1 amide bonds. The van der Waals surface area contributed by atoms with Crippen LogP contribution in [0.15, 0.2) is 30.6 Å². The third kappa shape index (κ3) is 3.83. The van der Waals surface area contributed by atoms with Gasteiger partial charge < -0.3 is 15.0 Å². The van der Waals surface area contributed by atoms with Crippen LogP contribution < -0.4 is 10.2 Å². The Balaban J connectivity index is 1.69. The third-order valence-corrected chi connectivity index (χ3v) is 5.07. The zero-order chi connectivity index (χ0) is 20.4. The summed E-state index contributed by atoms with van der Waals surface area (Å²) in [5.74, 6) is 0.534. The number of carbonyl (C=O) groups is 1. The number of amides is 1. The monoisotopic (exact) mass is 396 g/mol. The fourth-order valence-corrected chi connectivity index (χ4v) is 3.49. The molecule has 2 atom stereocenters. The van der Waals surface area contributed by atoms with Crippen molar-refractivity contribution in [2.45, 2.75) is 25.9 Å². The number of hydrogen-bond donors (Lipinski definition) is 2. The highest BCUT2D eigenvalue weighted by atomic mass is 16.5. The van der Waals surface area contributed by atoms with E-state index in [9.17, 15) is 4.79 Å². The highest BCUT2D eigenvalue weighted by Crippen LogP contribution is 2.30. The zero-order valence-corrected chi connectivity index (χ0v) is 16.7. The summed E-state index contributed by atoms with van der Waals surface area (Å²) < 4.78 is 7.32. The summed E-state index contributed by atoms with van der Waals surface area (Å²) in [6.45, 7) is 6.06. The SMILES string of the molecule is CC(NC(=O)c1ccn[nH]1)c1nnc(N2CCOCC2C)cc1-c1ccnn1C. The van der Waals surface area contributed by atoms with Crippen LogP contribution >= 0.6 is 0 Å². The van der Waals surface area contributed by atoms with E-state index in [0.29, 0.717) is 24.6 Å². The van der Waals surface area contributed by atoms with E-state index in [-0.39, 0.29) is 18.0 Å². The Kier molecular flexibility index (Phi) is 5.26. The molecule has 3 aromatic rings. The number of rotatable bonds is 5. The number of morpholine rings is 1. The summed E-state index contributed by atoms with van der Waals surface area (Å²) in [7, 11) is 1.88. The first-order valence-corrected chi connectivity index (χ1v) is 9.55. The van der Waals surface area contributed by atoms with Crippen molar-refractivity contribution in [3.8, 4) is 11.3 Å². The summed E-state index contributed by atoms with van der Waals surface area (Å²) in [5, 5.41) is 22.7. The molecule has 29 heavy (non-hydrogen) atoms. The molecule has 4 heterocycles. The Morgan fingerprint density at radius 3 is 2.90 bits per heavy atom. The number of ether oxygens (including phenoxy) is 1. The van der Waals surface area contributed by atoms with Gasteiger partial charge in [0.25, 0.3) is 5.91 Å². The summed E-state index contributed by atoms with van der Waals surface area (Å²) >= 11 is 0. The fraction of sp³-hybridized carbons (Fsp3) is 0.421. The number of aromatic nitrogens is 6. The van der Waals surface area contributed by atoms with Gasteiger partial charge in [0.1, 0.15) is 5.69 Å². The molecule has 1 aliphatic heterocycles. The number of aromatic amines is 1. The van der Waals surface area contributed by atoms with Gasteiger partial charge in [0, 0.05) is 31.5 Å². The molecular weight excluding hydrogens is 372 g/mol. The van der Waals surface area contributed by atoms with Crippen molar-refractivity contribution in [3.05, 3.63) is 42.0 Å². The van der Waals surface area contributed by atoms with Crippen molar-refractivity contribution >= 4 is 11.7 Å². The lowest BCUT2D eigenvalue weighted by atomic mass is 10.1. The zero-order valence-electron chi connectivity index (χ0n) is 16.7. The summed E-state index contributed by atoms with van der Waals surface area (Å²) in [5.41, 5.74) is 2.85. The average Bonchev–Trinajstić information content (AvgIpc) is 3.40. The van der Waals surface area contributed by atoms with Crippen molar-refractivity contribution in [3.63, 3.8) is 0 Å². The number of aryl methyl sites for hydroxylation is 1. The Labute approximate surface area is 168 Å². The van der Waals surface area contributed by atoms with Gasteiger partial charge in [-0.2, -0.15) is 15.3 Å². The predicted octanol–water partition coefficient (Wildman–Crippen LogP) is 1.32. The number of carbonyl (C=O) groups excluding carboxylic acids is 1. The van der Waals surface area contributed by atoms with Gasteiger partial charge in [0.05, 0.1) is 36.7 Å². The van der Waals surface area contributed by atoms with Gasteiger partial charge in [0.15, 0.2) is 5.82 Å². The third-order valence-electron chi connectivity index (χ3n) is 5.07. The van der Waals surface area contributed by atoms with E-state index in [0.717, 1.165) is 23.6 Å². The molecule has 2 unspecified atom stereocenters. The predicted molar refractivity (Wildman–Crippen MR) is 106 cm³/mol. The van der Waals surface area contributed by atoms with E-state index in [1.807, 2.05) is 26.1 Å². The van der Waals surface area contributed by atoms with Crippen LogP contribution in [0.5, 0.6) is 0 Å². The molecule has 0 saturated carbocycles. The number of nitrogens with one attached hydrogen (secondary N) is 2. The topological polar surface area (TPSA) is 114 Å². The minimum Gasteiger partial charge on any atom is -0.377 e. The second-order valence-corrected chi connectivity index (χ2v) is 7.12. The molecule has 0 spiro atoms. The molecule has 0 bridgehead atoms. The summed E-state index contributed by atoms with van der Waals surface area (Å²) in [4.78, 5) is 14.6. The van der Waals surface area contributed by atoms with E-state index in [2.05, 4.69) is 42.6 Å². The maximum Gasteiger partial charge on any atom is 0.269 e. The van der Waals surface area contributed by atoms with Gasteiger partial charge in [-0.3, -0.25) is 14.6 Å². The van der Waals surface area contributed by atoms with Crippen molar-refractivity contribution in [2.24, 2.45) is 7.05 Å². The minimum atomic E-state index is -0.362. The van der Waals surface area contributed by atoms with Crippen LogP contribution in [-0.4, -0.2) is 61.9 Å². The van der Waals surface area contributed by atoms with Crippen LogP contribution in [0.25, 0.3) is 11.3 Å². The van der Waals surface area contributed by atoms with Crippen LogP contribution in [-0.2, 0) is 11.8 Å². The molecule has 0 aliphatic carbocycles. The van der Waals surface area contributed by atoms with Gasteiger partial charge in [-0.15, -0.1) is 5.10 Å². The molecule has 0 aromatic carbocycles. The van der Waals surface area contributed by atoms with Crippen LogP contribution in [0.2, 0.25) is 0 Å². The molecular formula is C19H24N8O2. The Hall–Kier alpha value is -3.27. The van der Waals surface area contributed by atoms with E-state index >= 15 is 0 Å². The van der Waals surface area contributed by atoms with Gasteiger partial charge in [-0.25, -0.2) is 0 Å². The van der Waals surface area contributed by atoms with Crippen LogP contribution in [0, 0.1) is 0 Å². The molecule has 1 fully saturated rings. The number of anilines is 1. The molecule has 2 N–H and O–H groups in total. The first-order chi connectivity index (χ1) is 14.0. The second-order valence-electron chi connectivity index (χ2n) is 7.12. The lowest BCUT2D eigenvalue weighted by Gasteiger charge is -2.34. The highest BCUT2D eigenvalue weighted by molar-refractivity contribution is 5.92. The minimum absolute atomic E-state index is 0.209. The van der Waals surface area contributed by atoms with Crippen LogP contribution in [0.4, 0.5) is 5.82 Å². The molecule has 3 aromatic heterocycles. The molecule has 0 radical (unpaired) electrons. The van der Waals surface area contributed by atoms with Gasteiger partial charge in [-0.05, 0) is 32.0 Å². The van der Waals surface area contributed by atoms with Crippen molar-refractivity contribution in [1.29, 1.82) is 0 Å². The molecule has 1 aliphatic rings. The van der Waals surface area contributed by atoms with E-state index in [1.165, 1.54) is 0 Å². The molecule has 10 heteroatoms. The Morgan fingerprint density at radius 1 is 1.34 bits per heavy atom. The number of H-pyrrole nitrogens is 1. The van der Waals surface area contributed by atoms with Gasteiger partial charge in [0.2, 0.25) is 0 Å². The summed E-state index contributed by atoms with van der Waals surface area (Å²) in [6.07, 6.45) is 3.28. The normalized spacial score (nSPS) is 17.9. The largest absolute Gasteiger partial charge is 0.377 e. The van der Waals surface area contributed by atoms with Crippen LogP contribution in [0.1, 0.15) is 36.1 Å². The van der Waals surface area contributed by atoms with E-state index < -0.39 is 0 Å². The summed E-state index contributed by atoms with van der Waals surface area (Å²) in [6, 6.07) is 5.41. The quantitative estimate of drug-likeness (QED) is 0.668. The van der Waals surface area contributed by atoms with E-state index in [1.54, 1.807) is 23.1 Å². The molecule has 152 valence electrons. The van der Waals surface area contributed by atoms with Crippen molar-refractivity contribution in [2.75, 3.05) is 24.7 Å².